The number of sulfonamides is 1. The van der Waals surface area contributed by atoms with Crippen LogP contribution in [0.1, 0.15) is 31.7 Å². The number of carbonyl (C=O) groups excluding carboxylic acids is 1. The molecule has 1 saturated heterocycles. The van der Waals surface area contributed by atoms with Crippen LogP contribution in [0.4, 0.5) is 5.69 Å². The normalized spacial score (nSPS) is 14.8. The van der Waals surface area contributed by atoms with Crippen LogP contribution in [0, 0.1) is 0 Å². The monoisotopic (exact) mass is 402 g/mol. The predicted molar refractivity (Wildman–Crippen MR) is 109 cm³/mol. The van der Waals surface area contributed by atoms with E-state index in [-0.39, 0.29) is 5.91 Å². The van der Waals surface area contributed by atoms with Gasteiger partial charge < -0.3 is 10.1 Å². The first-order valence-electron chi connectivity index (χ1n) is 9.61. The van der Waals surface area contributed by atoms with Gasteiger partial charge in [-0.05, 0) is 56.0 Å². The Labute approximate surface area is 166 Å². The minimum absolute atomic E-state index is 0.110. The molecule has 1 amide bonds. The Morgan fingerprint density at radius 3 is 2.43 bits per heavy atom. The second kappa shape index (κ2) is 9.21. The first-order chi connectivity index (χ1) is 13.5. The van der Waals surface area contributed by atoms with Crippen LogP contribution < -0.4 is 10.1 Å². The van der Waals surface area contributed by atoms with Crippen LogP contribution in [-0.4, -0.2) is 38.3 Å². The fourth-order valence-corrected chi connectivity index (χ4v) is 4.74. The van der Waals surface area contributed by atoms with Gasteiger partial charge in [0.2, 0.25) is 15.9 Å². The van der Waals surface area contributed by atoms with Crippen LogP contribution >= 0.6 is 0 Å². The highest BCUT2D eigenvalue weighted by atomic mass is 32.2. The Hall–Kier alpha value is -2.38. The molecular formula is C21H26N2O4S. The zero-order chi connectivity index (χ0) is 20.0. The molecule has 150 valence electrons. The molecule has 0 atom stereocenters. The molecule has 0 aliphatic carbocycles. The lowest BCUT2D eigenvalue weighted by Crippen LogP contribution is -2.27. The summed E-state index contributed by atoms with van der Waals surface area (Å²) in [5.41, 5.74) is 1.58. The van der Waals surface area contributed by atoms with Crippen LogP contribution in [0.25, 0.3) is 0 Å². The number of nitrogens with zero attached hydrogens (tertiary/aromatic N) is 1. The quantitative estimate of drug-likeness (QED) is 0.734. The number of ether oxygens (including phenoxy) is 1. The van der Waals surface area contributed by atoms with Crippen LogP contribution in [0.15, 0.2) is 53.4 Å². The van der Waals surface area contributed by atoms with Crippen molar-refractivity contribution in [1.82, 2.24) is 4.31 Å². The lowest BCUT2D eigenvalue weighted by molar-refractivity contribution is -0.116. The fourth-order valence-electron chi connectivity index (χ4n) is 3.23. The Balaban J connectivity index is 1.57. The molecule has 0 bridgehead atoms. The van der Waals surface area contributed by atoms with Gasteiger partial charge in [-0.25, -0.2) is 8.42 Å². The van der Waals surface area contributed by atoms with Crippen molar-refractivity contribution in [3.63, 3.8) is 0 Å². The summed E-state index contributed by atoms with van der Waals surface area (Å²) in [6, 6.07) is 14.2. The number of amides is 1. The molecule has 28 heavy (non-hydrogen) atoms. The zero-order valence-electron chi connectivity index (χ0n) is 16.1. The van der Waals surface area contributed by atoms with E-state index in [2.05, 4.69) is 5.32 Å². The van der Waals surface area contributed by atoms with Crippen molar-refractivity contribution in [2.24, 2.45) is 0 Å². The molecule has 7 heteroatoms. The molecule has 1 heterocycles. The standard InChI is InChI=1S/C21H26N2O4S/c1-2-27-20-8-4-3-7-19(20)22-21(24)14-11-17-9-12-18(13-10-17)28(25,26)23-15-5-6-16-23/h3-4,7-10,12-13H,2,5-6,11,14-16H2,1H3,(H,22,24). The summed E-state index contributed by atoms with van der Waals surface area (Å²) >= 11 is 0. The van der Waals surface area contributed by atoms with Gasteiger partial charge in [0.25, 0.3) is 0 Å². The van der Waals surface area contributed by atoms with Gasteiger partial charge in [-0.15, -0.1) is 0 Å². The van der Waals surface area contributed by atoms with Gasteiger partial charge in [-0.3, -0.25) is 4.79 Å². The van der Waals surface area contributed by atoms with E-state index in [4.69, 9.17) is 4.74 Å². The predicted octanol–water partition coefficient (Wildman–Crippen LogP) is 3.44. The summed E-state index contributed by atoms with van der Waals surface area (Å²) in [7, 11) is -3.40. The van der Waals surface area contributed by atoms with E-state index in [1.807, 2.05) is 25.1 Å². The zero-order valence-corrected chi connectivity index (χ0v) is 16.9. The van der Waals surface area contributed by atoms with Crippen molar-refractivity contribution in [3.8, 4) is 5.75 Å². The van der Waals surface area contributed by atoms with Gasteiger partial charge >= 0.3 is 0 Å². The van der Waals surface area contributed by atoms with E-state index in [9.17, 15) is 13.2 Å². The molecule has 2 aromatic rings. The third-order valence-electron chi connectivity index (χ3n) is 4.73. The van der Waals surface area contributed by atoms with Gasteiger partial charge in [-0.2, -0.15) is 4.31 Å². The number of hydrogen-bond donors (Lipinski definition) is 1. The van der Waals surface area contributed by atoms with E-state index in [0.717, 1.165) is 18.4 Å². The third kappa shape index (κ3) is 4.91. The van der Waals surface area contributed by atoms with Gasteiger partial charge in [-0.1, -0.05) is 24.3 Å². The second-order valence-corrected chi connectivity index (χ2v) is 8.67. The molecule has 0 radical (unpaired) electrons. The summed E-state index contributed by atoms with van der Waals surface area (Å²) in [5.74, 6) is 0.538. The lowest BCUT2D eigenvalue weighted by atomic mass is 10.1. The highest BCUT2D eigenvalue weighted by molar-refractivity contribution is 7.89. The number of hydrogen-bond acceptors (Lipinski definition) is 4. The summed E-state index contributed by atoms with van der Waals surface area (Å²) in [6.45, 7) is 3.60. The van der Waals surface area contributed by atoms with Crippen molar-refractivity contribution in [3.05, 3.63) is 54.1 Å². The Kier molecular flexibility index (Phi) is 6.70. The minimum atomic E-state index is -3.40. The SMILES string of the molecule is CCOc1ccccc1NC(=O)CCc1ccc(S(=O)(=O)N2CCCC2)cc1. The minimum Gasteiger partial charge on any atom is -0.492 e. The van der Waals surface area contributed by atoms with Gasteiger partial charge in [0.1, 0.15) is 5.75 Å². The number of rotatable bonds is 8. The summed E-state index contributed by atoms with van der Waals surface area (Å²) in [5, 5.41) is 2.87. The largest absolute Gasteiger partial charge is 0.492 e. The van der Waals surface area contributed by atoms with Crippen molar-refractivity contribution in [2.75, 3.05) is 25.0 Å². The molecule has 1 fully saturated rings. The van der Waals surface area contributed by atoms with Crippen molar-refractivity contribution >= 4 is 21.6 Å². The van der Waals surface area contributed by atoms with Gasteiger partial charge in [0.15, 0.2) is 0 Å². The van der Waals surface area contributed by atoms with E-state index in [1.165, 1.54) is 4.31 Å². The number of carbonyl (C=O) groups is 1. The first kappa shape index (κ1) is 20.4. The molecule has 1 N–H and O–H groups in total. The molecule has 0 unspecified atom stereocenters. The Morgan fingerprint density at radius 2 is 1.75 bits per heavy atom. The topological polar surface area (TPSA) is 75.7 Å². The molecular weight excluding hydrogens is 376 g/mol. The molecule has 6 nitrogen and oxygen atoms in total. The summed E-state index contributed by atoms with van der Waals surface area (Å²) in [4.78, 5) is 12.6. The number of para-hydroxylation sites is 2. The van der Waals surface area contributed by atoms with Crippen molar-refractivity contribution < 1.29 is 17.9 Å². The number of benzene rings is 2. The highest BCUT2D eigenvalue weighted by Crippen LogP contribution is 2.24. The van der Waals surface area contributed by atoms with Gasteiger partial charge in [0, 0.05) is 19.5 Å². The molecule has 3 rings (SSSR count). The average Bonchev–Trinajstić information content (AvgIpc) is 3.24. The maximum Gasteiger partial charge on any atom is 0.243 e. The molecule has 1 aliphatic rings. The molecule has 2 aromatic carbocycles. The van der Waals surface area contributed by atoms with E-state index < -0.39 is 10.0 Å². The third-order valence-corrected chi connectivity index (χ3v) is 6.64. The van der Waals surface area contributed by atoms with E-state index in [1.54, 1.807) is 30.3 Å². The average molecular weight is 403 g/mol. The fraction of sp³-hybridized carbons (Fsp3) is 0.381. The molecule has 1 aliphatic heterocycles. The molecule has 0 saturated carbocycles. The van der Waals surface area contributed by atoms with Crippen LogP contribution in [0.2, 0.25) is 0 Å². The Bertz CT molecular complexity index is 904. The number of aryl methyl sites for hydroxylation is 1. The van der Waals surface area contributed by atoms with Crippen LogP contribution in [-0.2, 0) is 21.2 Å². The van der Waals surface area contributed by atoms with E-state index >= 15 is 0 Å². The molecule has 0 aromatic heterocycles. The first-order valence-corrected chi connectivity index (χ1v) is 11.1. The summed E-state index contributed by atoms with van der Waals surface area (Å²) < 4.78 is 32.1. The van der Waals surface area contributed by atoms with Gasteiger partial charge in [0.05, 0.1) is 17.2 Å². The van der Waals surface area contributed by atoms with Crippen molar-refractivity contribution in [2.45, 2.75) is 37.5 Å². The summed E-state index contributed by atoms with van der Waals surface area (Å²) in [6.07, 6.45) is 2.67. The van der Waals surface area contributed by atoms with E-state index in [0.29, 0.717) is 48.9 Å². The van der Waals surface area contributed by atoms with Crippen molar-refractivity contribution in [1.29, 1.82) is 0 Å². The maximum absolute atomic E-state index is 12.6. The Morgan fingerprint density at radius 1 is 1.07 bits per heavy atom. The molecule has 0 spiro atoms. The smallest absolute Gasteiger partial charge is 0.243 e. The van der Waals surface area contributed by atoms with Crippen LogP contribution in [0.5, 0.6) is 5.75 Å². The number of nitrogens with one attached hydrogen (secondary N) is 1. The van der Waals surface area contributed by atoms with Crippen LogP contribution in [0.3, 0.4) is 0 Å². The lowest BCUT2D eigenvalue weighted by Gasteiger charge is -2.15. The second-order valence-electron chi connectivity index (χ2n) is 6.73. The highest BCUT2D eigenvalue weighted by Gasteiger charge is 2.26. The maximum atomic E-state index is 12.6. The number of anilines is 1.